The van der Waals surface area contributed by atoms with Crippen molar-refractivity contribution < 1.29 is 0 Å². The van der Waals surface area contributed by atoms with Gasteiger partial charge >= 0.3 is 0 Å². The van der Waals surface area contributed by atoms with Gasteiger partial charge in [0.25, 0.3) is 0 Å². The van der Waals surface area contributed by atoms with Crippen molar-refractivity contribution in [3.8, 4) is 0 Å². The number of nitrogens with zero attached hydrogens (tertiary/aromatic N) is 2. The van der Waals surface area contributed by atoms with Crippen LogP contribution in [0.5, 0.6) is 0 Å². The monoisotopic (exact) mass is 325 g/mol. The van der Waals surface area contributed by atoms with Crippen molar-refractivity contribution in [3.05, 3.63) is 38.6 Å². The number of thiophene rings is 1. The number of aryl methyl sites for hydroxylation is 1. The van der Waals surface area contributed by atoms with Crippen molar-refractivity contribution in [1.29, 1.82) is 0 Å². The van der Waals surface area contributed by atoms with Crippen LogP contribution < -0.4 is 10.2 Å². The Morgan fingerprint density at radius 1 is 1.39 bits per heavy atom. The van der Waals surface area contributed by atoms with Gasteiger partial charge in [-0.3, -0.25) is 0 Å². The van der Waals surface area contributed by atoms with Crippen LogP contribution in [0.4, 0.5) is 11.5 Å². The Labute approximate surface area is 120 Å². The molecule has 96 valence electrons. The fourth-order valence-electron chi connectivity index (χ4n) is 1.55. The zero-order valence-electron chi connectivity index (χ0n) is 10.7. The van der Waals surface area contributed by atoms with E-state index in [1.165, 1.54) is 14.2 Å². The highest BCUT2D eigenvalue weighted by atomic mass is 79.9. The van der Waals surface area contributed by atoms with Crippen LogP contribution in [0.2, 0.25) is 0 Å². The highest BCUT2D eigenvalue weighted by molar-refractivity contribution is 9.10. The predicted molar refractivity (Wildman–Crippen MR) is 82.6 cm³/mol. The van der Waals surface area contributed by atoms with E-state index < -0.39 is 0 Å². The van der Waals surface area contributed by atoms with Crippen LogP contribution in [-0.4, -0.2) is 19.1 Å². The Bertz CT molecular complexity index is 500. The molecule has 0 radical (unpaired) electrons. The molecular formula is C13H16BrN3S. The molecule has 0 aliphatic carbocycles. The number of rotatable bonds is 4. The first-order valence-electron chi connectivity index (χ1n) is 5.68. The summed E-state index contributed by atoms with van der Waals surface area (Å²) in [5, 5.41) is 3.38. The molecule has 0 atom stereocenters. The van der Waals surface area contributed by atoms with Crippen molar-refractivity contribution in [3.63, 3.8) is 0 Å². The summed E-state index contributed by atoms with van der Waals surface area (Å²) in [6, 6.07) is 6.23. The van der Waals surface area contributed by atoms with E-state index in [0.29, 0.717) is 0 Å². The Morgan fingerprint density at radius 3 is 2.67 bits per heavy atom. The van der Waals surface area contributed by atoms with Crippen LogP contribution in [-0.2, 0) is 6.54 Å². The summed E-state index contributed by atoms with van der Waals surface area (Å²) in [5.74, 6) is 0.968. The second kappa shape index (κ2) is 5.71. The second-order valence-corrected chi connectivity index (χ2v) is 6.47. The predicted octanol–water partition coefficient (Wildman–Crippen LogP) is 3.89. The summed E-state index contributed by atoms with van der Waals surface area (Å²) in [6.45, 7) is 2.95. The lowest BCUT2D eigenvalue weighted by Gasteiger charge is -2.11. The molecule has 0 saturated heterocycles. The van der Waals surface area contributed by atoms with Crippen LogP contribution in [0, 0.1) is 6.92 Å². The molecular weight excluding hydrogens is 310 g/mol. The number of pyridine rings is 1. The maximum absolute atomic E-state index is 4.37. The first-order valence-corrected chi connectivity index (χ1v) is 7.29. The van der Waals surface area contributed by atoms with Crippen LogP contribution in [0.3, 0.4) is 0 Å². The molecule has 0 saturated carbocycles. The number of halogens is 1. The van der Waals surface area contributed by atoms with Gasteiger partial charge in [0.15, 0.2) is 0 Å². The van der Waals surface area contributed by atoms with Crippen molar-refractivity contribution >= 4 is 38.8 Å². The maximum atomic E-state index is 4.37. The SMILES string of the molecule is Cc1sc(CNc2ccc(N(C)C)nc2)cc1Br. The van der Waals surface area contributed by atoms with Crippen LogP contribution in [0.1, 0.15) is 9.75 Å². The number of nitrogens with one attached hydrogen (secondary N) is 1. The molecule has 0 bridgehead atoms. The maximum Gasteiger partial charge on any atom is 0.128 e. The average molecular weight is 326 g/mol. The summed E-state index contributed by atoms with van der Waals surface area (Å²) in [7, 11) is 3.97. The Morgan fingerprint density at radius 2 is 2.17 bits per heavy atom. The minimum atomic E-state index is 0.833. The van der Waals surface area contributed by atoms with Crippen molar-refractivity contribution in [2.75, 3.05) is 24.3 Å². The summed E-state index contributed by atoms with van der Waals surface area (Å²) in [4.78, 5) is 8.99. The minimum Gasteiger partial charge on any atom is -0.379 e. The largest absolute Gasteiger partial charge is 0.379 e. The minimum absolute atomic E-state index is 0.833. The third-order valence-corrected chi connectivity index (χ3v) is 4.72. The summed E-state index contributed by atoms with van der Waals surface area (Å²) < 4.78 is 1.19. The third-order valence-electron chi connectivity index (χ3n) is 2.58. The average Bonchev–Trinajstić information content (AvgIpc) is 2.67. The molecule has 0 aliphatic heterocycles. The molecule has 18 heavy (non-hydrogen) atoms. The summed E-state index contributed by atoms with van der Waals surface area (Å²) >= 11 is 5.34. The van der Waals surface area contributed by atoms with E-state index in [-0.39, 0.29) is 0 Å². The molecule has 0 amide bonds. The zero-order valence-corrected chi connectivity index (χ0v) is 13.1. The van der Waals surface area contributed by atoms with E-state index in [4.69, 9.17) is 0 Å². The molecule has 0 unspecified atom stereocenters. The molecule has 3 nitrogen and oxygen atoms in total. The lowest BCUT2D eigenvalue weighted by atomic mass is 10.3. The fraction of sp³-hybridized carbons (Fsp3) is 0.308. The highest BCUT2D eigenvalue weighted by Crippen LogP contribution is 2.26. The zero-order chi connectivity index (χ0) is 13.1. The standard InChI is InChI=1S/C13H16BrN3S/c1-9-12(14)6-11(18-9)8-15-10-4-5-13(16-7-10)17(2)3/h4-7,15H,8H2,1-3H3. The molecule has 0 fully saturated rings. The van der Waals surface area contributed by atoms with Crippen molar-refractivity contribution in [2.24, 2.45) is 0 Å². The smallest absolute Gasteiger partial charge is 0.128 e. The van der Waals surface area contributed by atoms with Gasteiger partial charge in [0.05, 0.1) is 11.9 Å². The molecule has 2 heterocycles. The van der Waals surface area contributed by atoms with E-state index in [0.717, 1.165) is 18.1 Å². The van der Waals surface area contributed by atoms with Crippen molar-refractivity contribution in [1.82, 2.24) is 4.98 Å². The van der Waals surface area contributed by atoms with Crippen LogP contribution in [0.25, 0.3) is 0 Å². The van der Waals surface area contributed by atoms with E-state index >= 15 is 0 Å². The van der Waals surface area contributed by atoms with Crippen LogP contribution >= 0.6 is 27.3 Å². The molecule has 2 aromatic rings. The quantitative estimate of drug-likeness (QED) is 0.924. The van der Waals surface area contributed by atoms with Gasteiger partial charge in [-0.1, -0.05) is 0 Å². The fourth-order valence-corrected chi connectivity index (χ4v) is 3.09. The van der Waals surface area contributed by atoms with E-state index in [1.54, 1.807) is 11.3 Å². The number of aromatic nitrogens is 1. The lowest BCUT2D eigenvalue weighted by Crippen LogP contribution is -2.10. The number of hydrogen-bond acceptors (Lipinski definition) is 4. The first kappa shape index (κ1) is 13.4. The van der Waals surface area contributed by atoms with Gasteiger partial charge in [0.2, 0.25) is 0 Å². The summed E-state index contributed by atoms with van der Waals surface area (Å²) in [5.41, 5.74) is 1.04. The molecule has 2 rings (SSSR count). The van der Waals surface area contributed by atoms with Gasteiger partial charge < -0.3 is 10.2 Å². The number of hydrogen-bond donors (Lipinski definition) is 1. The Kier molecular flexibility index (Phi) is 4.24. The first-order chi connectivity index (χ1) is 8.56. The Hall–Kier alpha value is -1.07. The van der Waals surface area contributed by atoms with Gasteiger partial charge in [0, 0.05) is 34.9 Å². The molecule has 0 aliphatic rings. The third kappa shape index (κ3) is 3.23. The highest BCUT2D eigenvalue weighted by Gasteiger charge is 2.03. The van der Waals surface area contributed by atoms with E-state index in [2.05, 4.69) is 45.3 Å². The van der Waals surface area contributed by atoms with E-state index in [1.807, 2.05) is 31.3 Å². The summed E-state index contributed by atoms with van der Waals surface area (Å²) in [6.07, 6.45) is 1.87. The van der Waals surface area contributed by atoms with Crippen LogP contribution in [0.15, 0.2) is 28.9 Å². The van der Waals surface area contributed by atoms with Gasteiger partial charge in [-0.05, 0) is 41.1 Å². The van der Waals surface area contributed by atoms with Gasteiger partial charge in [-0.2, -0.15) is 0 Å². The van der Waals surface area contributed by atoms with Crippen molar-refractivity contribution in [2.45, 2.75) is 13.5 Å². The van der Waals surface area contributed by atoms with Gasteiger partial charge in [-0.25, -0.2) is 4.98 Å². The molecule has 5 heteroatoms. The second-order valence-electron chi connectivity index (χ2n) is 4.27. The van der Waals surface area contributed by atoms with Gasteiger partial charge in [-0.15, -0.1) is 11.3 Å². The Balaban J connectivity index is 1.97. The van der Waals surface area contributed by atoms with E-state index in [9.17, 15) is 0 Å². The molecule has 0 aromatic carbocycles. The lowest BCUT2D eigenvalue weighted by molar-refractivity contribution is 1.06. The molecule has 1 N–H and O–H groups in total. The normalized spacial score (nSPS) is 10.4. The van der Waals surface area contributed by atoms with Gasteiger partial charge in [0.1, 0.15) is 5.82 Å². The molecule has 2 aromatic heterocycles. The molecule has 0 spiro atoms. The topological polar surface area (TPSA) is 28.2 Å². The number of anilines is 2.